The smallest absolute Gasteiger partial charge is 0.338 e. The molecule has 2 aromatic rings. The van der Waals surface area contributed by atoms with E-state index in [4.69, 9.17) is 4.74 Å². The van der Waals surface area contributed by atoms with Crippen LogP contribution in [0.5, 0.6) is 0 Å². The number of carbonyl (C=O) groups excluding carboxylic acids is 2. The van der Waals surface area contributed by atoms with Gasteiger partial charge in [-0.25, -0.2) is 17.9 Å². The molecule has 0 saturated heterocycles. The van der Waals surface area contributed by atoms with E-state index in [9.17, 15) is 18.0 Å². The first-order valence-electron chi connectivity index (χ1n) is 8.08. The van der Waals surface area contributed by atoms with Crippen LogP contribution in [-0.4, -0.2) is 32.9 Å². The number of esters is 1. The summed E-state index contributed by atoms with van der Waals surface area (Å²) in [4.78, 5) is 23.8. The number of ether oxygens (including phenoxy) is 1. The van der Waals surface area contributed by atoms with Crippen molar-refractivity contribution in [2.24, 2.45) is 0 Å². The summed E-state index contributed by atoms with van der Waals surface area (Å²) in [6, 6.07) is 14.2. The third kappa shape index (κ3) is 4.90. The first-order chi connectivity index (χ1) is 12.4. The van der Waals surface area contributed by atoms with Gasteiger partial charge in [0.25, 0.3) is 5.91 Å². The van der Waals surface area contributed by atoms with Crippen LogP contribution < -0.4 is 10.0 Å². The SMILES string of the molecule is O=C(COC(=O)c1ccc(S(=O)(=O)NC2CC2)cc1)Nc1ccccc1. The van der Waals surface area contributed by atoms with Crippen LogP contribution in [0.25, 0.3) is 0 Å². The Morgan fingerprint density at radius 3 is 2.27 bits per heavy atom. The standard InChI is InChI=1S/C18H18N2O5S/c21-17(19-14-4-2-1-3-5-14)12-25-18(22)13-6-10-16(11-7-13)26(23,24)20-15-8-9-15/h1-7,10-11,15,20H,8-9,12H2,(H,19,21). The van der Waals surface area contributed by atoms with Gasteiger partial charge in [0.05, 0.1) is 10.5 Å². The lowest BCUT2D eigenvalue weighted by atomic mass is 10.2. The van der Waals surface area contributed by atoms with Crippen molar-refractivity contribution in [3.63, 3.8) is 0 Å². The Kier molecular flexibility index (Phi) is 5.34. The molecule has 0 bridgehead atoms. The zero-order valence-corrected chi connectivity index (χ0v) is 14.7. The normalized spacial score (nSPS) is 13.8. The Labute approximate surface area is 151 Å². The van der Waals surface area contributed by atoms with Crippen molar-refractivity contribution in [2.75, 3.05) is 11.9 Å². The molecular formula is C18H18N2O5S. The number of carbonyl (C=O) groups is 2. The molecule has 0 atom stereocenters. The molecule has 7 nitrogen and oxygen atoms in total. The highest BCUT2D eigenvalue weighted by molar-refractivity contribution is 7.89. The van der Waals surface area contributed by atoms with Crippen LogP contribution in [0.4, 0.5) is 5.69 Å². The number of sulfonamides is 1. The van der Waals surface area contributed by atoms with Gasteiger partial charge in [-0.05, 0) is 49.2 Å². The van der Waals surface area contributed by atoms with Crippen molar-refractivity contribution in [1.82, 2.24) is 4.72 Å². The summed E-state index contributed by atoms with van der Waals surface area (Å²) in [5.74, 6) is -1.16. The fraction of sp³-hybridized carbons (Fsp3) is 0.222. The minimum atomic E-state index is -3.57. The molecule has 136 valence electrons. The number of rotatable bonds is 7. The van der Waals surface area contributed by atoms with Gasteiger partial charge in [0.15, 0.2) is 6.61 Å². The Hall–Kier alpha value is -2.71. The number of amides is 1. The van der Waals surface area contributed by atoms with E-state index < -0.39 is 28.5 Å². The fourth-order valence-corrected chi connectivity index (χ4v) is 3.50. The van der Waals surface area contributed by atoms with Crippen LogP contribution in [0.1, 0.15) is 23.2 Å². The minimum absolute atomic E-state index is 0.00719. The Morgan fingerprint density at radius 2 is 1.65 bits per heavy atom. The quantitative estimate of drug-likeness (QED) is 0.721. The van der Waals surface area contributed by atoms with E-state index in [1.54, 1.807) is 24.3 Å². The summed E-state index contributed by atoms with van der Waals surface area (Å²) in [6.07, 6.45) is 1.68. The first-order valence-corrected chi connectivity index (χ1v) is 9.57. The third-order valence-electron chi connectivity index (χ3n) is 3.69. The maximum Gasteiger partial charge on any atom is 0.338 e. The van der Waals surface area contributed by atoms with Crippen LogP contribution >= 0.6 is 0 Å². The number of hydrogen-bond donors (Lipinski definition) is 2. The summed E-state index contributed by atoms with van der Waals surface area (Å²) < 4.78 is 31.7. The van der Waals surface area contributed by atoms with E-state index >= 15 is 0 Å². The summed E-state index contributed by atoms with van der Waals surface area (Å²) in [5.41, 5.74) is 0.772. The predicted octanol–water partition coefficient (Wildman–Crippen LogP) is 1.92. The Bertz CT molecular complexity index is 891. The van der Waals surface area contributed by atoms with Crippen molar-refractivity contribution >= 4 is 27.6 Å². The molecule has 2 N–H and O–H groups in total. The van der Waals surface area contributed by atoms with Gasteiger partial charge < -0.3 is 10.1 Å². The van der Waals surface area contributed by atoms with Crippen molar-refractivity contribution < 1.29 is 22.7 Å². The van der Waals surface area contributed by atoms with Crippen molar-refractivity contribution in [2.45, 2.75) is 23.8 Å². The van der Waals surface area contributed by atoms with Crippen LogP contribution in [0.15, 0.2) is 59.5 Å². The maximum absolute atomic E-state index is 12.1. The summed E-state index contributed by atoms with van der Waals surface area (Å²) >= 11 is 0. The van der Waals surface area contributed by atoms with Crippen molar-refractivity contribution in [3.8, 4) is 0 Å². The molecule has 0 spiro atoms. The molecule has 0 radical (unpaired) electrons. The zero-order chi connectivity index (χ0) is 18.6. The molecule has 1 fully saturated rings. The van der Waals surface area contributed by atoms with E-state index in [1.807, 2.05) is 6.07 Å². The average molecular weight is 374 g/mol. The molecule has 26 heavy (non-hydrogen) atoms. The topological polar surface area (TPSA) is 102 Å². The van der Waals surface area contributed by atoms with Crippen molar-refractivity contribution in [1.29, 1.82) is 0 Å². The molecule has 0 aliphatic heterocycles. The lowest BCUT2D eigenvalue weighted by molar-refractivity contribution is -0.119. The molecule has 0 aromatic heterocycles. The molecule has 1 saturated carbocycles. The zero-order valence-electron chi connectivity index (χ0n) is 13.8. The van der Waals surface area contributed by atoms with Crippen LogP contribution in [0.2, 0.25) is 0 Å². The van der Waals surface area contributed by atoms with Gasteiger partial charge in [-0.15, -0.1) is 0 Å². The van der Waals surface area contributed by atoms with E-state index in [2.05, 4.69) is 10.0 Å². The summed E-state index contributed by atoms with van der Waals surface area (Å²) in [7, 11) is -3.57. The van der Waals surface area contributed by atoms with E-state index in [0.29, 0.717) is 5.69 Å². The minimum Gasteiger partial charge on any atom is -0.452 e. The summed E-state index contributed by atoms with van der Waals surface area (Å²) in [6.45, 7) is -0.434. The van der Waals surface area contributed by atoms with E-state index in [1.165, 1.54) is 24.3 Å². The molecule has 3 rings (SSSR count). The molecule has 0 unspecified atom stereocenters. The molecule has 1 amide bonds. The van der Waals surface area contributed by atoms with E-state index in [-0.39, 0.29) is 16.5 Å². The number of anilines is 1. The number of hydrogen-bond acceptors (Lipinski definition) is 5. The fourth-order valence-electron chi connectivity index (χ4n) is 2.19. The van der Waals surface area contributed by atoms with Crippen LogP contribution in [-0.2, 0) is 19.6 Å². The van der Waals surface area contributed by atoms with Crippen LogP contribution in [0.3, 0.4) is 0 Å². The second-order valence-corrected chi connectivity index (χ2v) is 7.62. The van der Waals surface area contributed by atoms with Gasteiger partial charge in [-0.1, -0.05) is 18.2 Å². The molecule has 1 aliphatic carbocycles. The highest BCUT2D eigenvalue weighted by atomic mass is 32.2. The second-order valence-electron chi connectivity index (χ2n) is 5.91. The van der Waals surface area contributed by atoms with Crippen LogP contribution in [0, 0.1) is 0 Å². The highest BCUT2D eigenvalue weighted by Gasteiger charge is 2.28. The van der Waals surface area contributed by atoms with Crippen molar-refractivity contribution in [3.05, 3.63) is 60.2 Å². The molecule has 1 aliphatic rings. The number of nitrogens with one attached hydrogen (secondary N) is 2. The van der Waals surface area contributed by atoms with Gasteiger partial charge in [-0.2, -0.15) is 0 Å². The van der Waals surface area contributed by atoms with Gasteiger partial charge in [0.2, 0.25) is 10.0 Å². The van der Waals surface area contributed by atoms with Gasteiger partial charge in [0.1, 0.15) is 0 Å². The third-order valence-corrected chi connectivity index (χ3v) is 5.23. The maximum atomic E-state index is 12.1. The Balaban J connectivity index is 1.53. The predicted molar refractivity (Wildman–Crippen MR) is 95.1 cm³/mol. The molecule has 8 heteroatoms. The number of para-hydroxylation sites is 1. The molecule has 2 aromatic carbocycles. The monoisotopic (exact) mass is 374 g/mol. The van der Waals surface area contributed by atoms with Gasteiger partial charge in [0, 0.05) is 11.7 Å². The van der Waals surface area contributed by atoms with Gasteiger partial charge >= 0.3 is 5.97 Å². The second kappa shape index (κ2) is 7.67. The lowest BCUT2D eigenvalue weighted by Gasteiger charge is -2.08. The average Bonchev–Trinajstić information content (AvgIpc) is 3.44. The summed E-state index contributed by atoms with van der Waals surface area (Å²) in [5, 5.41) is 2.60. The number of benzene rings is 2. The lowest BCUT2D eigenvalue weighted by Crippen LogP contribution is -2.25. The Morgan fingerprint density at radius 1 is 1.00 bits per heavy atom. The molecule has 0 heterocycles. The van der Waals surface area contributed by atoms with E-state index in [0.717, 1.165) is 12.8 Å². The highest BCUT2D eigenvalue weighted by Crippen LogP contribution is 2.22. The largest absolute Gasteiger partial charge is 0.452 e. The first kappa shape index (κ1) is 18.1. The molecular weight excluding hydrogens is 356 g/mol. The van der Waals surface area contributed by atoms with Gasteiger partial charge in [-0.3, -0.25) is 4.79 Å².